The molecule has 2 aliphatic rings. The van der Waals surface area contributed by atoms with Crippen LogP contribution in [-0.4, -0.2) is 18.4 Å². The molecular formula is C24H22F3NO4. The van der Waals surface area contributed by atoms with Crippen LogP contribution in [0.3, 0.4) is 0 Å². The van der Waals surface area contributed by atoms with Gasteiger partial charge in [0, 0.05) is 35.2 Å². The van der Waals surface area contributed by atoms with Gasteiger partial charge in [-0.2, -0.15) is 13.2 Å². The summed E-state index contributed by atoms with van der Waals surface area (Å²) in [5.74, 6) is -1.37. The van der Waals surface area contributed by atoms with Crippen LogP contribution in [0.15, 0.2) is 69.6 Å². The Morgan fingerprint density at radius 3 is 2.66 bits per heavy atom. The zero-order chi connectivity index (χ0) is 23.0. The van der Waals surface area contributed by atoms with Crippen molar-refractivity contribution in [3.05, 3.63) is 82.1 Å². The third-order valence-electron chi connectivity index (χ3n) is 5.82. The Labute approximate surface area is 182 Å². The maximum atomic E-state index is 13.4. The Hall–Kier alpha value is -3.29. The SMILES string of the molecule is CCOC(=O)C1=C(C)NC2=C(C(=O)CC(c3ccco3)C2)C1c1cccc(C(F)(F)F)c1. The molecule has 168 valence electrons. The third-order valence-corrected chi connectivity index (χ3v) is 5.82. The largest absolute Gasteiger partial charge is 0.469 e. The molecular weight excluding hydrogens is 423 g/mol. The molecule has 2 heterocycles. The summed E-state index contributed by atoms with van der Waals surface area (Å²) in [5, 5.41) is 3.15. The molecule has 1 aliphatic heterocycles. The maximum absolute atomic E-state index is 13.4. The van der Waals surface area contributed by atoms with Gasteiger partial charge in [0.1, 0.15) is 5.76 Å². The molecule has 1 aromatic heterocycles. The van der Waals surface area contributed by atoms with Gasteiger partial charge in [0.15, 0.2) is 5.78 Å². The van der Waals surface area contributed by atoms with Gasteiger partial charge in [-0.3, -0.25) is 4.79 Å². The topological polar surface area (TPSA) is 68.5 Å². The Morgan fingerprint density at radius 2 is 2.00 bits per heavy atom. The number of esters is 1. The number of ether oxygens (including phenoxy) is 1. The fourth-order valence-electron chi connectivity index (χ4n) is 4.47. The number of ketones is 1. The number of nitrogens with one attached hydrogen (secondary N) is 1. The van der Waals surface area contributed by atoms with Gasteiger partial charge in [0.05, 0.1) is 24.0 Å². The van der Waals surface area contributed by atoms with Crippen molar-refractivity contribution in [3.8, 4) is 0 Å². The molecule has 1 aromatic carbocycles. The molecule has 2 aromatic rings. The Bertz CT molecular complexity index is 1110. The fourth-order valence-corrected chi connectivity index (χ4v) is 4.47. The smallest absolute Gasteiger partial charge is 0.416 e. The molecule has 0 fully saturated rings. The number of alkyl halides is 3. The summed E-state index contributed by atoms with van der Waals surface area (Å²) in [7, 11) is 0. The van der Waals surface area contributed by atoms with Crippen molar-refractivity contribution < 1.29 is 31.9 Å². The van der Waals surface area contributed by atoms with Crippen molar-refractivity contribution >= 4 is 11.8 Å². The Morgan fingerprint density at radius 1 is 1.22 bits per heavy atom. The van der Waals surface area contributed by atoms with Crippen molar-refractivity contribution in [3.63, 3.8) is 0 Å². The van der Waals surface area contributed by atoms with Gasteiger partial charge < -0.3 is 14.5 Å². The van der Waals surface area contributed by atoms with Crippen LogP contribution in [0.25, 0.3) is 0 Å². The number of dihydropyridines is 1. The van der Waals surface area contributed by atoms with Gasteiger partial charge in [-0.05, 0) is 44.0 Å². The second-order valence-corrected chi connectivity index (χ2v) is 7.88. The van der Waals surface area contributed by atoms with Gasteiger partial charge in [0.25, 0.3) is 0 Å². The minimum absolute atomic E-state index is 0.103. The number of carbonyl (C=O) groups is 2. The first kappa shape index (κ1) is 21.9. The quantitative estimate of drug-likeness (QED) is 0.654. The lowest BCUT2D eigenvalue weighted by atomic mass is 9.72. The van der Waals surface area contributed by atoms with E-state index in [2.05, 4.69) is 5.32 Å². The molecule has 32 heavy (non-hydrogen) atoms. The molecule has 0 saturated heterocycles. The van der Waals surface area contributed by atoms with Crippen LogP contribution in [-0.2, 0) is 20.5 Å². The van der Waals surface area contributed by atoms with Crippen LogP contribution in [0.2, 0.25) is 0 Å². The number of furan rings is 1. The van der Waals surface area contributed by atoms with Gasteiger partial charge in [0.2, 0.25) is 0 Å². The highest BCUT2D eigenvalue weighted by Crippen LogP contribution is 2.46. The normalized spacial score (nSPS) is 21.3. The molecule has 4 rings (SSSR count). The summed E-state index contributed by atoms with van der Waals surface area (Å²) in [6.07, 6.45) is -2.44. The van der Waals surface area contributed by atoms with Crippen molar-refractivity contribution in [1.82, 2.24) is 5.32 Å². The second kappa shape index (κ2) is 8.33. The average Bonchev–Trinajstić information content (AvgIpc) is 3.27. The van der Waals surface area contributed by atoms with E-state index in [1.165, 1.54) is 18.4 Å². The second-order valence-electron chi connectivity index (χ2n) is 7.88. The molecule has 2 unspecified atom stereocenters. The Kier molecular flexibility index (Phi) is 5.71. The zero-order valence-corrected chi connectivity index (χ0v) is 17.6. The minimum Gasteiger partial charge on any atom is -0.469 e. The number of Topliss-reactive ketones (excluding diaryl/α,β-unsaturated/α-hetero) is 1. The molecule has 0 bridgehead atoms. The van der Waals surface area contributed by atoms with Crippen molar-refractivity contribution in [2.45, 2.75) is 44.7 Å². The zero-order valence-electron chi connectivity index (χ0n) is 17.6. The molecule has 1 aliphatic carbocycles. The molecule has 0 amide bonds. The van der Waals surface area contributed by atoms with Gasteiger partial charge in [-0.15, -0.1) is 0 Å². The lowest BCUT2D eigenvalue weighted by Crippen LogP contribution is -2.36. The standard InChI is InChI=1S/C24H22F3NO4/c1-3-31-23(30)20-13(2)28-17-11-15(19-8-5-9-32-19)12-18(29)22(17)21(20)14-6-4-7-16(10-14)24(25,26)27/h4-10,15,21,28H,3,11-12H2,1-2H3. The monoisotopic (exact) mass is 445 g/mol. The molecule has 8 heteroatoms. The number of hydrogen-bond acceptors (Lipinski definition) is 5. The number of allylic oxidation sites excluding steroid dienone is 3. The first-order chi connectivity index (χ1) is 15.2. The fraction of sp³-hybridized carbons (Fsp3) is 0.333. The molecule has 2 atom stereocenters. The summed E-state index contributed by atoms with van der Waals surface area (Å²) in [6.45, 7) is 3.41. The molecule has 1 N–H and O–H groups in total. The summed E-state index contributed by atoms with van der Waals surface area (Å²) >= 11 is 0. The van der Waals surface area contributed by atoms with Gasteiger partial charge in [-0.1, -0.05) is 18.2 Å². The van der Waals surface area contributed by atoms with E-state index >= 15 is 0 Å². The lowest BCUT2D eigenvalue weighted by Gasteiger charge is -2.36. The van der Waals surface area contributed by atoms with E-state index in [4.69, 9.17) is 9.15 Å². The maximum Gasteiger partial charge on any atom is 0.416 e. The highest BCUT2D eigenvalue weighted by atomic mass is 19.4. The first-order valence-corrected chi connectivity index (χ1v) is 10.3. The summed E-state index contributed by atoms with van der Waals surface area (Å²) in [4.78, 5) is 26.1. The van der Waals surface area contributed by atoms with E-state index in [9.17, 15) is 22.8 Å². The van der Waals surface area contributed by atoms with Gasteiger partial charge >= 0.3 is 12.1 Å². The van der Waals surface area contributed by atoms with Crippen LogP contribution in [0.1, 0.15) is 55.4 Å². The van der Waals surface area contributed by atoms with E-state index in [0.717, 1.165) is 12.1 Å². The first-order valence-electron chi connectivity index (χ1n) is 10.3. The van der Waals surface area contributed by atoms with Crippen LogP contribution in [0.4, 0.5) is 13.2 Å². The third kappa shape index (κ3) is 3.97. The van der Waals surface area contributed by atoms with Crippen LogP contribution in [0.5, 0.6) is 0 Å². The van der Waals surface area contributed by atoms with Crippen LogP contribution < -0.4 is 5.32 Å². The molecule has 0 saturated carbocycles. The van der Waals surface area contributed by atoms with Crippen LogP contribution in [0, 0.1) is 0 Å². The number of halogens is 3. The number of rotatable bonds is 4. The number of hydrogen-bond donors (Lipinski definition) is 1. The highest BCUT2D eigenvalue weighted by molar-refractivity contribution is 6.04. The van der Waals surface area contributed by atoms with E-state index < -0.39 is 23.6 Å². The average molecular weight is 445 g/mol. The van der Waals surface area contributed by atoms with E-state index in [-0.39, 0.29) is 35.9 Å². The number of carbonyl (C=O) groups excluding carboxylic acids is 2. The predicted molar refractivity (Wildman–Crippen MR) is 109 cm³/mol. The van der Waals surface area contributed by atoms with E-state index in [0.29, 0.717) is 29.1 Å². The lowest BCUT2D eigenvalue weighted by molar-refractivity contribution is -0.139. The summed E-state index contributed by atoms with van der Waals surface area (Å²) in [6, 6.07) is 8.30. The van der Waals surface area contributed by atoms with Crippen LogP contribution >= 0.6 is 0 Å². The van der Waals surface area contributed by atoms with Gasteiger partial charge in [-0.25, -0.2) is 4.79 Å². The van der Waals surface area contributed by atoms with Crippen molar-refractivity contribution in [1.29, 1.82) is 0 Å². The Balaban J connectivity index is 1.84. The molecule has 5 nitrogen and oxygen atoms in total. The minimum atomic E-state index is -4.55. The molecule has 0 radical (unpaired) electrons. The van der Waals surface area contributed by atoms with E-state index in [1.807, 2.05) is 0 Å². The number of benzene rings is 1. The van der Waals surface area contributed by atoms with E-state index in [1.54, 1.807) is 26.0 Å². The summed E-state index contributed by atoms with van der Waals surface area (Å²) in [5.41, 5.74) is 0.887. The van der Waals surface area contributed by atoms with Crippen molar-refractivity contribution in [2.24, 2.45) is 0 Å². The predicted octanol–water partition coefficient (Wildman–Crippen LogP) is 5.22. The highest BCUT2D eigenvalue weighted by Gasteiger charge is 2.42. The van der Waals surface area contributed by atoms with Crippen molar-refractivity contribution in [2.75, 3.05) is 6.61 Å². The molecule has 0 spiro atoms. The summed E-state index contributed by atoms with van der Waals surface area (Å²) < 4.78 is 50.9.